The number of benzene rings is 2. The topological polar surface area (TPSA) is 88.2 Å². The molecule has 0 heterocycles. The average molecular weight is 440 g/mol. The molecule has 10 heteroatoms. The number of amides is 1. The molecule has 1 amide bonds. The number of carbonyl (C=O) groups is 1. The number of nitrogens with zero attached hydrogens (tertiary/aromatic N) is 2. The third-order valence-electron chi connectivity index (χ3n) is 4.11. The summed E-state index contributed by atoms with van der Waals surface area (Å²) in [5, 5.41) is 2.71. The van der Waals surface area contributed by atoms with Crippen molar-refractivity contribution in [2.75, 3.05) is 38.7 Å². The van der Waals surface area contributed by atoms with Crippen LogP contribution in [-0.4, -0.2) is 59.0 Å². The molecule has 1 unspecified atom stereocenters. The van der Waals surface area contributed by atoms with Crippen molar-refractivity contribution in [1.82, 2.24) is 9.62 Å². The molecule has 1 N–H and O–H groups in total. The van der Waals surface area contributed by atoms with Gasteiger partial charge >= 0.3 is 10.2 Å². The summed E-state index contributed by atoms with van der Waals surface area (Å²) >= 11 is 0. The fourth-order valence-electron chi connectivity index (χ4n) is 2.50. The Hall–Kier alpha value is -2.85. The summed E-state index contributed by atoms with van der Waals surface area (Å²) in [5.74, 6) is 0.289. The minimum atomic E-state index is -3.96. The van der Waals surface area contributed by atoms with Crippen molar-refractivity contribution in [3.8, 4) is 11.5 Å². The minimum Gasteiger partial charge on any atom is -0.497 e. The first kappa shape index (κ1) is 23.4. The average Bonchev–Trinajstić information content (AvgIpc) is 2.71. The molecule has 2 rings (SSSR count). The summed E-state index contributed by atoms with van der Waals surface area (Å²) < 4.78 is 51.1. The Bertz CT molecular complexity index is 934. The second-order valence-electron chi connectivity index (χ2n) is 6.73. The standard InChI is InChI=1S/C20H26FN3O5S/c1-15(14-29-19-11-9-18(28-4)10-12-19)22-20(25)13-24(30(26,27)23(2)3)17-7-5-16(21)6-8-17/h5-12,15H,13-14H2,1-4H3,(H,22,25). The second kappa shape index (κ2) is 10.3. The summed E-state index contributed by atoms with van der Waals surface area (Å²) in [7, 11) is 0.324. The third-order valence-corrected chi connectivity index (χ3v) is 5.93. The van der Waals surface area contributed by atoms with Crippen LogP contribution in [0.4, 0.5) is 10.1 Å². The zero-order valence-electron chi connectivity index (χ0n) is 17.3. The van der Waals surface area contributed by atoms with E-state index in [1.165, 1.54) is 26.2 Å². The molecule has 1 atom stereocenters. The number of anilines is 1. The third kappa shape index (κ3) is 6.33. The molecule has 8 nitrogen and oxygen atoms in total. The highest BCUT2D eigenvalue weighted by molar-refractivity contribution is 7.90. The van der Waals surface area contributed by atoms with Gasteiger partial charge in [0.2, 0.25) is 5.91 Å². The lowest BCUT2D eigenvalue weighted by Gasteiger charge is -2.27. The molecule has 30 heavy (non-hydrogen) atoms. The normalized spacial score (nSPS) is 12.3. The molecule has 0 spiro atoms. The van der Waals surface area contributed by atoms with Gasteiger partial charge in [0.15, 0.2) is 0 Å². The monoisotopic (exact) mass is 439 g/mol. The lowest BCUT2D eigenvalue weighted by atomic mass is 10.3. The summed E-state index contributed by atoms with van der Waals surface area (Å²) in [6, 6.07) is 11.5. The second-order valence-corrected chi connectivity index (χ2v) is 8.80. The van der Waals surface area contributed by atoms with Crippen molar-refractivity contribution in [3.05, 3.63) is 54.3 Å². The predicted octanol–water partition coefficient (Wildman–Crippen LogP) is 2.03. The Labute approximate surface area is 176 Å². The largest absolute Gasteiger partial charge is 0.497 e. The van der Waals surface area contributed by atoms with Gasteiger partial charge in [-0.25, -0.2) is 8.70 Å². The fraction of sp³-hybridized carbons (Fsp3) is 0.350. The van der Waals surface area contributed by atoms with Gasteiger partial charge in [-0.2, -0.15) is 12.7 Å². The molecule has 0 saturated heterocycles. The molecule has 0 fully saturated rings. The van der Waals surface area contributed by atoms with E-state index in [2.05, 4.69) is 5.32 Å². The van der Waals surface area contributed by atoms with E-state index >= 15 is 0 Å². The van der Waals surface area contributed by atoms with Crippen molar-refractivity contribution in [2.45, 2.75) is 13.0 Å². The van der Waals surface area contributed by atoms with Crippen molar-refractivity contribution in [2.24, 2.45) is 0 Å². The molecule has 0 aliphatic carbocycles. The smallest absolute Gasteiger partial charge is 0.304 e. The molecule has 2 aromatic rings. The van der Waals surface area contributed by atoms with Crippen LogP contribution in [0.1, 0.15) is 6.92 Å². The summed E-state index contributed by atoms with van der Waals surface area (Å²) in [6.45, 7) is 1.47. The Morgan fingerprint density at radius 1 is 1.07 bits per heavy atom. The van der Waals surface area contributed by atoms with Crippen LogP contribution < -0.4 is 19.1 Å². The van der Waals surface area contributed by atoms with Crippen LogP contribution in [-0.2, 0) is 15.0 Å². The SMILES string of the molecule is COc1ccc(OCC(C)NC(=O)CN(c2ccc(F)cc2)S(=O)(=O)N(C)C)cc1. The van der Waals surface area contributed by atoms with Crippen molar-refractivity contribution in [3.63, 3.8) is 0 Å². The van der Waals surface area contributed by atoms with Gasteiger partial charge in [-0.05, 0) is 55.5 Å². The van der Waals surface area contributed by atoms with Gasteiger partial charge in [-0.3, -0.25) is 4.79 Å². The van der Waals surface area contributed by atoms with Crippen LogP contribution in [0.2, 0.25) is 0 Å². The maximum Gasteiger partial charge on any atom is 0.304 e. The van der Waals surface area contributed by atoms with Crippen LogP contribution in [0.15, 0.2) is 48.5 Å². The number of ether oxygens (including phenoxy) is 2. The zero-order valence-corrected chi connectivity index (χ0v) is 18.1. The maximum atomic E-state index is 13.2. The van der Waals surface area contributed by atoms with Crippen LogP contribution >= 0.6 is 0 Å². The van der Waals surface area contributed by atoms with Gasteiger partial charge in [0, 0.05) is 14.1 Å². The maximum absolute atomic E-state index is 13.2. The van der Waals surface area contributed by atoms with E-state index in [-0.39, 0.29) is 18.3 Å². The highest BCUT2D eigenvalue weighted by atomic mass is 32.2. The van der Waals surface area contributed by atoms with Crippen LogP contribution in [0.3, 0.4) is 0 Å². The number of halogens is 1. The summed E-state index contributed by atoms with van der Waals surface area (Å²) in [5.41, 5.74) is 0.183. The number of methoxy groups -OCH3 is 1. The van der Waals surface area contributed by atoms with E-state index in [4.69, 9.17) is 9.47 Å². The Morgan fingerprint density at radius 2 is 1.63 bits per heavy atom. The van der Waals surface area contributed by atoms with Gasteiger partial charge in [-0.15, -0.1) is 0 Å². The first-order valence-corrected chi connectivity index (χ1v) is 10.5. The molecule has 0 aromatic heterocycles. The van der Waals surface area contributed by atoms with Crippen LogP contribution in [0, 0.1) is 5.82 Å². The first-order valence-electron chi connectivity index (χ1n) is 9.15. The van der Waals surface area contributed by atoms with E-state index in [0.29, 0.717) is 11.5 Å². The zero-order chi connectivity index (χ0) is 22.3. The number of rotatable bonds is 10. The molecule has 0 radical (unpaired) electrons. The Balaban J connectivity index is 2.01. The van der Waals surface area contributed by atoms with E-state index in [9.17, 15) is 17.6 Å². The lowest BCUT2D eigenvalue weighted by molar-refractivity contribution is -0.120. The molecule has 164 valence electrons. The molecular formula is C20H26FN3O5S. The highest BCUT2D eigenvalue weighted by Gasteiger charge is 2.27. The van der Waals surface area contributed by atoms with Crippen LogP contribution in [0.5, 0.6) is 11.5 Å². The quantitative estimate of drug-likeness (QED) is 0.612. The van der Waals surface area contributed by atoms with Gasteiger partial charge in [0.25, 0.3) is 0 Å². The van der Waals surface area contributed by atoms with E-state index < -0.39 is 28.5 Å². The summed E-state index contributed by atoms with van der Waals surface area (Å²) in [6.07, 6.45) is 0. The van der Waals surface area contributed by atoms with E-state index in [0.717, 1.165) is 20.7 Å². The highest BCUT2D eigenvalue weighted by Crippen LogP contribution is 2.20. The first-order chi connectivity index (χ1) is 14.1. The Kier molecular flexibility index (Phi) is 8.01. The molecule has 0 bridgehead atoms. The lowest BCUT2D eigenvalue weighted by Crippen LogP contribution is -2.48. The van der Waals surface area contributed by atoms with E-state index in [1.54, 1.807) is 38.3 Å². The van der Waals surface area contributed by atoms with Crippen LogP contribution in [0.25, 0.3) is 0 Å². The van der Waals surface area contributed by atoms with Gasteiger partial charge < -0.3 is 14.8 Å². The van der Waals surface area contributed by atoms with Crippen molar-refractivity contribution < 1.29 is 27.1 Å². The number of hydrogen-bond acceptors (Lipinski definition) is 5. The molecular weight excluding hydrogens is 413 g/mol. The number of nitrogens with one attached hydrogen (secondary N) is 1. The van der Waals surface area contributed by atoms with Gasteiger partial charge in [0.05, 0.1) is 18.8 Å². The predicted molar refractivity (Wildman–Crippen MR) is 112 cm³/mol. The number of carbonyl (C=O) groups excluding carboxylic acids is 1. The molecule has 0 aliphatic heterocycles. The minimum absolute atomic E-state index is 0.183. The van der Waals surface area contributed by atoms with Gasteiger partial charge in [0.1, 0.15) is 30.5 Å². The fourth-order valence-corrected chi connectivity index (χ4v) is 3.56. The molecule has 0 aliphatic rings. The summed E-state index contributed by atoms with van der Waals surface area (Å²) in [4.78, 5) is 12.5. The van der Waals surface area contributed by atoms with Gasteiger partial charge in [-0.1, -0.05) is 0 Å². The van der Waals surface area contributed by atoms with Crippen molar-refractivity contribution in [1.29, 1.82) is 0 Å². The number of hydrogen-bond donors (Lipinski definition) is 1. The Morgan fingerprint density at radius 3 is 2.17 bits per heavy atom. The van der Waals surface area contributed by atoms with E-state index in [1.807, 2.05) is 0 Å². The van der Waals surface area contributed by atoms with Crippen molar-refractivity contribution >= 4 is 21.8 Å². The molecule has 0 saturated carbocycles. The molecule has 2 aromatic carbocycles.